The van der Waals surface area contributed by atoms with Gasteiger partial charge in [-0.25, -0.2) is 4.79 Å². The van der Waals surface area contributed by atoms with Gasteiger partial charge in [-0.3, -0.25) is 0 Å². The van der Waals surface area contributed by atoms with Crippen LogP contribution < -0.4 is 0 Å². The van der Waals surface area contributed by atoms with Crippen LogP contribution >= 0.6 is 10.5 Å². The maximum atomic E-state index is 14.4. The molecule has 4 aliphatic carbocycles. The lowest BCUT2D eigenvalue weighted by Crippen LogP contribution is -2.71. The van der Waals surface area contributed by atoms with E-state index in [0.717, 1.165) is 38.9 Å². The lowest BCUT2D eigenvalue weighted by atomic mass is 9.46. The third kappa shape index (κ3) is 4.38. The van der Waals surface area contributed by atoms with Crippen molar-refractivity contribution in [3.05, 3.63) is 78.4 Å². The van der Waals surface area contributed by atoms with E-state index < -0.39 is 45.9 Å². The average Bonchev–Trinajstić information content (AvgIpc) is 3.27. The molecule has 0 aliphatic heterocycles. The summed E-state index contributed by atoms with van der Waals surface area (Å²) in [6.07, 6.45) is -12.6. The van der Waals surface area contributed by atoms with Gasteiger partial charge in [-0.1, -0.05) is 30.3 Å². The number of rotatable bonds is 5. The minimum absolute atomic E-state index is 0.0504. The SMILES string of the molecule is O=C(OC(C12CC3CC(CC(C3)C1)C2)C(O)(C(F)(F)F)C(F)(F)F)c1ccc2c(c1)c1ccccc1[s+]2-c1ccccc1. The van der Waals surface area contributed by atoms with Crippen LogP contribution in [-0.2, 0) is 4.74 Å². The summed E-state index contributed by atoms with van der Waals surface area (Å²) in [6.45, 7) is 0. The molecule has 4 bridgehead atoms. The molecule has 4 aliphatic rings. The van der Waals surface area contributed by atoms with Crippen LogP contribution in [0.1, 0.15) is 48.9 Å². The minimum Gasteiger partial charge on any atom is -0.454 e. The van der Waals surface area contributed by atoms with Gasteiger partial charge in [0.15, 0.2) is 20.4 Å². The molecule has 8 rings (SSSR count). The van der Waals surface area contributed by atoms with Gasteiger partial charge in [0, 0.05) is 26.7 Å². The highest BCUT2D eigenvalue weighted by Crippen LogP contribution is 2.65. The number of fused-ring (bicyclic) bond motifs is 3. The van der Waals surface area contributed by atoms with Crippen LogP contribution in [0.15, 0.2) is 72.8 Å². The van der Waals surface area contributed by atoms with Crippen molar-refractivity contribution in [2.24, 2.45) is 23.2 Å². The number of halogens is 6. The van der Waals surface area contributed by atoms with Gasteiger partial charge in [-0.05, 0) is 98.7 Å². The molecular formula is C33H29F6O3S+. The second-order valence-corrected chi connectivity index (χ2v) is 14.6. The molecule has 1 N–H and O–H groups in total. The number of esters is 1. The van der Waals surface area contributed by atoms with Crippen LogP contribution in [0.2, 0.25) is 0 Å². The zero-order valence-electron chi connectivity index (χ0n) is 22.9. The van der Waals surface area contributed by atoms with Crippen molar-refractivity contribution in [3.8, 4) is 4.90 Å². The predicted molar refractivity (Wildman–Crippen MR) is 152 cm³/mol. The molecule has 0 radical (unpaired) electrons. The van der Waals surface area contributed by atoms with Crippen LogP contribution in [0.5, 0.6) is 0 Å². The lowest BCUT2D eigenvalue weighted by Gasteiger charge is -2.60. The first kappa shape index (κ1) is 28.6. The first-order valence-electron chi connectivity index (χ1n) is 14.4. The molecule has 0 amide bonds. The fourth-order valence-electron chi connectivity index (χ4n) is 8.63. The number of alkyl halides is 6. The normalized spacial score (nSPS) is 26.7. The topological polar surface area (TPSA) is 46.5 Å². The van der Waals surface area contributed by atoms with Crippen molar-refractivity contribution in [1.29, 1.82) is 0 Å². The van der Waals surface area contributed by atoms with E-state index in [4.69, 9.17) is 4.74 Å². The highest BCUT2D eigenvalue weighted by Gasteiger charge is 2.79. The van der Waals surface area contributed by atoms with Gasteiger partial charge in [-0.15, -0.1) is 0 Å². The van der Waals surface area contributed by atoms with Gasteiger partial charge >= 0.3 is 18.3 Å². The highest BCUT2D eigenvalue weighted by molar-refractivity contribution is 7.50. The summed E-state index contributed by atoms with van der Waals surface area (Å²) in [7, 11) is -0.508. The van der Waals surface area contributed by atoms with Crippen LogP contribution in [0.4, 0.5) is 26.3 Å². The maximum Gasteiger partial charge on any atom is 0.430 e. The number of carbonyl (C=O) groups excluding carboxylic acids is 1. The first-order valence-corrected chi connectivity index (χ1v) is 15.6. The maximum absolute atomic E-state index is 14.4. The Hall–Kier alpha value is -3.11. The second-order valence-electron chi connectivity index (χ2n) is 12.7. The molecule has 1 aromatic heterocycles. The van der Waals surface area contributed by atoms with Crippen molar-refractivity contribution in [2.75, 3.05) is 0 Å². The van der Waals surface area contributed by atoms with Crippen LogP contribution in [0, 0.1) is 23.2 Å². The number of thiophene rings is 1. The molecule has 10 heteroatoms. The molecule has 4 saturated carbocycles. The van der Waals surface area contributed by atoms with E-state index in [9.17, 15) is 36.2 Å². The fourth-order valence-corrected chi connectivity index (χ4v) is 11.0. The molecule has 4 fully saturated rings. The number of carbonyl (C=O) groups is 1. The number of benzene rings is 3. The summed E-state index contributed by atoms with van der Waals surface area (Å²) < 4.78 is 93.5. The Labute approximate surface area is 246 Å². The summed E-state index contributed by atoms with van der Waals surface area (Å²) in [5, 5.41) is 12.2. The molecule has 43 heavy (non-hydrogen) atoms. The van der Waals surface area contributed by atoms with E-state index in [1.807, 2.05) is 54.6 Å². The van der Waals surface area contributed by atoms with Crippen molar-refractivity contribution in [1.82, 2.24) is 0 Å². The second kappa shape index (κ2) is 9.69. The molecule has 0 spiro atoms. The third-order valence-corrected chi connectivity index (χ3v) is 12.3. The minimum atomic E-state index is -6.11. The largest absolute Gasteiger partial charge is 0.454 e. The van der Waals surface area contributed by atoms with Crippen molar-refractivity contribution >= 4 is 36.6 Å². The van der Waals surface area contributed by atoms with E-state index >= 15 is 0 Å². The van der Waals surface area contributed by atoms with E-state index in [0.29, 0.717) is 5.39 Å². The Morgan fingerprint density at radius 1 is 0.767 bits per heavy atom. The molecule has 2 unspecified atom stereocenters. The zero-order valence-corrected chi connectivity index (χ0v) is 23.7. The molecule has 1 heterocycles. The van der Waals surface area contributed by atoms with Gasteiger partial charge in [-0.2, -0.15) is 26.3 Å². The van der Waals surface area contributed by atoms with Gasteiger partial charge in [0.2, 0.25) is 0 Å². The Morgan fingerprint density at radius 2 is 1.30 bits per heavy atom. The lowest BCUT2D eigenvalue weighted by molar-refractivity contribution is -0.405. The summed E-state index contributed by atoms with van der Waals surface area (Å²) >= 11 is 0. The predicted octanol–water partition coefficient (Wildman–Crippen LogP) is 9.33. The first-order chi connectivity index (χ1) is 20.3. The molecule has 4 aromatic rings. The molecule has 226 valence electrons. The Balaban J connectivity index is 1.34. The van der Waals surface area contributed by atoms with Crippen LogP contribution in [0.3, 0.4) is 0 Å². The van der Waals surface area contributed by atoms with Crippen molar-refractivity contribution in [3.63, 3.8) is 0 Å². The van der Waals surface area contributed by atoms with Crippen LogP contribution in [-0.4, -0.2) is 35.1 Å². The highest BCUT2D eigenvalue weighted by atomic mass is 32.2. The third-order valence-electron chi connectivity index (χ3n) is 9.92. The smallest absolute Gasteiger partial charge is 0.430 e. The Kier molecular flexibility index (Phi) is 6.46. The molecule has 3 nitrogen and oxygen atoms in total. The number of hydrogen-bond acceptors (Lipinski definition) is 3. The number of hydrogen-bond donors (Lipinski definition) is 1. The van der Waals surface area contributed by atoms with E-state index in [1.165, 1.54) is 12.1 Å². The standard InChI is InChI=1S/C33H29F6O3S/c34-32(35,36)31(41,33(37,38)39)29(30-16-19-12-20(17-30)14-21(13-19)18-30)42-28(40)22-10-11-27-25(15-22)24-8-4-5-9-26(24)43(27)23-6-2-1-3-7-23/h1-11,15,19-21,29,41H,12-14,16-18H2/q+1. The van der Waals surface area contributed by atoms with Gasteiger partial charge in [0.25, 0.3) is 5.60 Å². The Morgan fingerprint density at radius 3 is 1.88 bits per heavy atom. The summed E-state index contributed by atoms with van der Waals surface area (Å²) in [5.74, 6) is -1.46. The number of ether oxygens (including phenoxy) is 1. The van der Waals surface area contributed by atoms with Gasteiger partial charge in [0.05, 0.1) is 5.56 Å². The van der Waals surface area contributed by atoms with Crippen molar-refractivity contribution in [2.45, 2.75) is 62.6 Å². The van der Waals surface area contributed by atoms with Gasteiger partial charge in [0.1, 0.15) is 0 Å². The van der Waals surface area contributed by atoms with Crippen LogP contribution in [0.25, 0.3) is 25.1 Å². The molecule has 2 atom stereocenters. The van der Waals surface area contributed by atoms with E-state index in [1.54, 1.807) is 6.07 Å². The fraction of sp³-hybridized carbons (Fsp3) is 0.424. The average molecular weight is 620 g/mol. The van der Waals surface area contributed by atoms with Gasteiger partial charge < -0.3 is 9.84 Å². The molecule has 0 saturated heterocycles. The van der Waals surface area contributed by atoms with Crippen molar-refractivity contribution < 1.29 is 41.0 Å². The summed E-state index contributed by atoms with van der Waals surface area (Å²) in [5.41, 5.74) is -6.98. The molecule has 3 aromatic carbocycles. The zero-order chi connectivity index (χ0) is 30.4. The monoisotopic (exact) mass is 619 g/mol. The quantitative estimate of drug-likeness (QED) is 0.138. The Bertz CT molecular complexity index is 1660. The van der Waals surface area contributed by atoms with E-state index in [2.05, 4.69) is 0 Å². The number of aliphatic hydroxyl groups is 1. The van der Waals surface area contributed by atoms with E-state index in [-0.39, 0.29) is 42.6 Å². The molecular weight excluding hydrogens is 590 g/mol. The summed E-state index contributed by atoms with van der Waals surface area (Å²) in [6, 6.07) is 21.9. The summed E-state index contributed by atoms with van der Waals surface area (Å²) in [4.78, 5) is 14.7.